The fraction of sp³-hybridized carbons (Fsp3) is 0.571. The van der Waals surface area contributed by atoms with Gasteiger partial charge in [0.05, 0.1) is 12.0 Å². The molecule has 0 unspecified atom stereocenters. The molecule has 0 radical (unpaired) electrons. The maximum atomic E-state index is 11.0. The van der Waals surface area contributed by atoms with E-state index in [0.717, 1.165) is 6.54 Å². The van der Waals surface area contributed by atoms with E-state index in [0.29, 0.717) is 18.0 Å². The van der Waals surface area contributed by atoms with Crippen LogP contribution in [-0.4, -0.2) is 44.1 Å². The summed E-state index contributed by atoms with van der Waals surface area (Å²) in [5, 5.41) is 14.2. The van der Waals surface area contributed by atoms with Crippen molar-refractivity contribution in [2.45, 2.75) is 13.8 Å². The van der Waals surface area contributed by atoms with Gasteiger partial charge < -0.3 is 15.0 Å². The predicted molar refractivity (Wildman–Crippen MR) is 80.5 cm³/mol. The van der Waals surface area contributed by atoms with Crippen LogP contribution < -0.4 is 10.1 Å². The van der Waals surface area contributed by atoms with Crippen LogP contribution in [0.3, 0.4) is 0 Å². The number of methoxy groups -OCH3 is 1. The molecule has 1 aromatic carbocycles. The lowest BCUT2D eigenvalue weighted by molar-refractivity contribution is -0.384. The molecule has 0 heterocycles. The second-order valence-electron chi connectivity index (χ2n) is 5.90. The van der Waals surface area contributed by atoms with Crippen molar-refractivity contribution in [1.82, 2.24) is 4.90 Å². The number of rotatable bonds is 7. The number of nitro benzene ring substituents is 1. The Morgan fingerprint density at radius 1 is 1.40 bits per heavy atom. The summed E-state index contributed by atoms with van der Waals surface area (Å²) in [6, 6.07) is 4.71. The van der Waals surface area contributed by atoms with Crippen LogP contribution in [0.25, 0.3) is 0 Å². The lowest BCUT2D eigenvalue weighted by Gasteiger charge is -2.28. The molecule has 6 heteroatoms. The molecule has 1 aromatic rings. The SMILES string of the molecule is COc1ccc([N+](=O)[O-])c(NCC(C)(C)CN(C)C)c1. The Labute approximate surface area is 119 Å². The Hall–Kier alpha value is -1.82. The van der Waals surface area contributed by atoms with Crippen LogP contribution in [0.4, 0.5) is 11.4 Å². The van der Waals surface area contributed by atoms with Crippen LogP contribution in [0.15, 0.2) is 18.2 Å². The number of hydrogen-bond donors (Lipinski definition) is 1. The largest absolute Gasteiger partial charge is 0.497 e. The third-order valence-corrected chi connectivity index (χ3v) is 2.90. The summed E-state index contributed by atoms with van der Waals surface area (Å²) in [5.74, 6) is 0.600. The third kappa shape index (κ3) is 4.70. The molecular weight excluding hydrogens is 258 g/mol. The first-order valence-electron chi connectivity index (χ1n) is 6.46. The minimum absolute atomic E-state index is 0.000442. The number of nitro groups is 1. The van der Waals surface area contributed by atoms with Crippen LogP contribution in [0.2, 0.25) is 0 Å². The molecule has 112 valence electrons. The Morgan fingerprint density at radius 3 is 2.55 bits per heavy atom. The highest BCUT2D eigenvalue weighted by Crippen LogP contribution is 2.30. The van der Waals surface area contributed by atoms with Crippen LogP contribution in [0.5, 0.6) is 5.75 Å². The van der Waals surface area contributed by atoms with Gasteiger partial charge >= 0.3 is 0 Å². The molecule has 1 rings (SSSR count). The first-order chi connectivity index (χ1) is 9.25. The normalized spacial score (nSPS) is 11.5. The second kappa shape index (κ2) is 6.56. The second-order valence-corrected chi connectivity index (χ2v) is 5.90. The van der Waals surface area contributed by atoms with E-state index in [2.05, 4.69) is 24.1 Å². The number of nitrogens with one attached hydrogen (secondary N) is 1. The minimum Gasteiger partial charge on any atom is -0.497 e. The van der Waals surface area contributed by atoms with Gasteiger partial charge in [0.1, 0.15) is 11.4 Å². The molecule has 0 bridgehead atoms. The van der Waals surface area contributed by atoms with E-state index in [4.69, 9.17) is 4.74 Å². The standard InChI is InChI=1S/C14H23N3O3/c1-14(2,10-16(3)4)9-15-12-8-11(20-5)6-7-13(12)17(18)19/h6-8,15H,9-10H2,1-5H3. The summed E-state index contributed by atoms with van der Waals surface area (Å²) in [5.41, 5.74) is 0.549. The van der Waals surface area contributed by atoms with Crippen molar-refractivity contribution in [3.05, 3.63) is 28.3 Å². The number of nitrogens with zero attached hydrogens (tertiary/aromatic N) is 2. The maximum Gasteiger partial charge on any atom is 0.292 e. The minimum atomic E-state index is -0.388. The topological polar surface area (TPSA) is 67.6 Å². The Bertz CT molecular complexity index is 473. The summed E-state index contributed by atoms with van der Waals surface area (Å²) in [6.07, 6.45) is 0. The number of benzene rings is 1. The molecule has 6 nitrogen and oxygen atoms in total. The van der Waals surface area contributed by atoms with Crippen molar-refractivity contribution in [1.29, 1.82) is 0 Å². The van der Waals surface area contributed by atoms with Crippen molar-refractivity contribution in [3.8, 4) is 5.75 Å². The number of ether oxygens (including phenoxy) is 1. The Kier molecular flexibility index (Phi) is 5.33. The molecule has 0 aromatic heterocycles. The molecule has 0 atom stereocenters. The molecule has 1 N–H and O–H groups in total. The van der Waals surface area contributed by atoms with Crippen molar-refractivity contribution >= 4 is 11.4 Å². The van der Waals surface area contributed by atoms with Gasteiger partial charge in [-0.3, -0.25) is 10.1 Å². The zero-order valence-electron chi connectivity index (χ0n) is 12.8. The van der Waals surface area contributed by atoms with E-state index in [9.17, 15) is 10.1 Å². The first kappa shape index (κ1) is 16.2. The zero-order chi connectivity index (χ0) is 15.3. The average molecular weight is 281 g/mol. The summed E-state index contributed by atoms with van der Waals surface area (Å²) in [7, 11) is 5.56. The molecular formula is C14H23N3O3. The highest BCUT2D eigenvalue weighted by atomic mass is 16.6. The first-order valence-corrected chi connectivity index (χ1v) is 6.46. The van der Waals surface area contributed by atoms with Crippen LogP contribution in [0.1, 0.15) is 13.8 Å². The van der Waals surface area contributed by atoms with Crippen molar-refractivity contribution in [2.75, 3.05) is 39.6 Å². The van der Waals surface area contributed by atoms with Gasteiger partial charge in [0.15, 0.2) is 0 Å². The van der Waals surface area contributed by atoms with Gasteiger partial charge in [-0.2, -0.15) is 0 Å². The highest BCUT2D eigenvalue weighted by molar-refractivity contribution is 5.64. The van der Waals surface area contributed by atoms with E-state index in [1.165, 1.54) is 6.07 Å². The lowest BCUT2D eigenvalue weighted by atomic mass is 9.93. The highest BCUT2D eigenvalue weighted by Gasteiger charge is 2.21. The van der Waals surface area contributed by atoms with E-state index in [1.807, 2.05) is 14.1 Å². The Morgan fingerprint density at radius 2 is 2.05 bits per heavy atom. The van der Waals surface area contributed by atoms with Crippen molar-refractivity contribution in [3.63, 3.8) is 0 Å². The molecule has 0 amide bonds. The molecule has 0 spiro atoms. The summed E-state index contributed by atoms with van der Waals surface area (Å²) in [6.45, 7) is 5.76. The van der Waals surface area contributed by atoms with Crippen molar-refractivity contribution in [2.24, 2.45) is 5.41 Å². The van der Waals surface area contributed by atoms with Gasteiger partial charge in [-0.25, -0.2) is 0 Å². The molecule has 20 heavy (non-hydrogen) atoms. The molecule has 0 saturated heterocycles. The fourth-order valence-electron chi connectivity index (χ4n) is 2.19. The van der Waals surface area contributed by atoms with Gasteiger partial charge in [-0.1, -0.05) is 13.8 Å². The zero-order valence-corrected chi connectivity index (χ0v) is 12.8. The van der Waals surface area contributed by atoms with Crippen LogP contribution in [0, 0.1) is 15.5 Å². The third-order valence-electron chi connectivity index (χ3n) is 2.90. The van der Waals surface area contributed by atoms with Gasteiger partial charge in [0.2, 0.25) is 0 Å². The van der Waals surface area contributed by atoms with Crippen LogP contribution in [-0.2, 0) is 0 Å². The maximum absolute atomic E-state index is 11.0. The van der Waals surface area contributed by atoms with Gasteiger partial charge in [-0.15, -0.1) is 0 Å². The molecule has 0 aliphatic carbocycles. The fourth-order valence-corrected chi connectivity index (χ4v) is 2.19. The van der Waals surface area contributed by atoms with Crippen molar-refractivity contribution < 1.29 is 9.66 Å². The smallest absolute Gasteiger partial charge is 0.292 e. The predicted octanol–water partition coefficient (Wildman–Crippen LogP) is 2.60. The van der Waals surface area contributed by atoms with Gasteiger partial charge in [0.25, 0.3) is 5.69 Å². The molecule has 0 aliphatic rings. The Balaban J connectivity index is 2.87. The number of hydrogen-bond acceptors (Lipinski definition) is 5. The van der Waals surface area contributed by atoms with E-state index in [-0.39, 0.29) is 16.0 Å². The monoisotopic (exact) mass is 281 g/mol. The van der Waals surface area contributed by atoms with E-state index >= 15 is 0 Å². The van der Waals surface area contributed by atoms with Gasteiger partial charge in [-0.05, 0) is 25.6 Å². The summed E-state index contributed by atoms with van der Waals surface area (Å²) >= 11 is 0. The molecule has 0 fully saturated rings. The van der Waals surface area contributed by atoms with E-state index < -0.39 is 0 Å². The lowest BCUT2D eigenvalue weighted by Crippen LogP contribution is -2.34. The summed E-state index contributed by atoms with van der Waals surface area (Å²) < 4.78 is 5.12. The quantitative estimate of drug-likeness (QED) is 0.614. The van der Waals surface area contributed by atoms with E-state index in [1.54, 1.807) is 19.2 Å². The average Bonchev–Trinajstić information content (AvgIpc) is 2.34. The van der Waals surface area contributed by atoms with Gasteiger partial charge in [0, 0.05) is 25.2 Å². The molecule has 0 saturated carbocycles. The summed E-state index contributed by atoms with van der Waals surface area (Å²) in [4.78, 5) is 12.8. The van der Waals surface area contributed by atoms with Crippen LogP contribution >= 0.6 is 0 Å². The number of anilines is 1. The molecule has 0 aliphatic heterocycles.